The second kappa shape index (κ2) is 7.28. The molecular weight excluding hydrogens is 366 g/mol. The van der Waals surface area contributed by atoms with Gasteiger partial charge in [0.25, 0.3) is 11.5 Å². The van der Waals surface area contributed by atoms with Gasteiger partial charge in [-0.15, -0.1) is 11.3 Å². The highest BCUT2D eigenvalue weighted by Gasteiger charge is 2.21. The van der Waals surface area contributed by atoms with E-state index in [1.807, 2.05) is 13.8 Å². The summed E-state index contributed by atoms with van der Waals surface area (Å²) in [5.41, 5.74) is 2.85. The third-order valence-electron chi connectivity index (χ3n) is 4.15. The van der Waals surface area contributed by atoms with Gasteiger partial charge in [0.2, 0.25) is 5.88 Å². The summed E-state index contributed by atoms with van der Waals surface area (Å²) in [6, 6.07) is 3.36. The fraction of sp³-hybridized carbons (Fsp3) is 0.278. The predicted molar refractivity (Wildman–Crippen MR) is 104 cm³/mol. The van der Waals surface area contributed by atoms with Crippen molar-refractivity contribution in [1.29, 1.82) is 0 Å². The second-order valence-corrected chi connectivity index (χ2v) is 6.99. The van der Waals surface area contributed by atoms with Crippen LogP contribution in [0.1, 0.15) is 26.6 Å². The largest absolute Gasteiger partial charge is 0.481 e. The van der Waals surface area contributed by atoms with Crippen LogP contribution in [0.3, 0.4) is 0 Å². The molecule has 0 fully saturated rings. The molecular formula is C18H19N5O3S. The van der Waals surface area contributed by atoms with Crippen molar-refractivity contribution in [3.05, 3.63) is 50.5 Å². The third kappa shape index (κ3) is 3.59. The number of nitrogens with zero attached hydrogens (tertiary/aromatic N) is 4. The van der Waals surface area contributed by atoms with Crippen LogP contribution >= 0.6 is 11.3 Å². The van der Waals surface area contributed by atoms with E-state index in [1.165, 1.54) is 29.3 Å². The molecule has 0 atom stereocenters. The fourth-order valence-corrected chi connectivity index (χ4v) is 3.63. The molecule has 0 spiro atoms. The molecule has 0 aliphatic heterocycles. The van der Waals surface area contributed by atoms with Gasteiger partial charge in [0.05, 0.1) is 35.9 Å². The zero-order chi connectivity index (χ0) is 19.7. The van der Waals surface area contributed by atoms with Gasteiger partial charge in [0.15, 0.2) is 0 Å². The molecule has 8 nitrogen and oxygen atoms in total. The molecule has 0 unspecified atom stereocenters. The van der Waals surface area contributed by atoms with Crippen molar-refractivity contribution in [2.75, 3.05) is 12.4 Å². The lowest BCUT2D eigenvalue weighted by Gasteiger charge is -2.07. The number of aromatic nitrogens is 4. The highest BCUT2D eigenvalue weighted by molar-refractivity contribution is 7.17. The summed E-state index contributed by atoms with van der Waals surface area (Å²) in [7, 11) is 3.12. The zero-order valence-corrected chi connectivity index (χ0v) is 16.5. The number of hydrogen-bond donors (Lipinski definition) is 1. The van der Waals surface area contributed by atoms with E-state index in [0.717, 1.165) is 11.3 Å². The molecule has 0 saturated heterocycles. The number of carbonyl (C=O) groups is 1. The summed E-state index contributed by atoms with van der Waals surface area (Å²) in [4.78, 5) is 34.1. The summed E-state index contributed by atoms with van der Waals surface area (Å²) in [6.45, 7) is 5.41. The monoisotopic (exact) mass is 385 g/mol. The number of rotatable bonds is 4. The number of anilines is 1. The van der Waals surface area contributed by atoms with Crippen molar-refractivity contribution < 1.29 is 9.53 Å². The molecule has 27 heavy (non-hydrogen) atoms. The number of methoxy groups -OCH3 is 1. The van der Waals surface area contributed by atoms with E-state index in [0.29, 0.717) is 32.7 Å². The topological polar surface area (TPSA) is 99.0 Å². The Morgan fingerprint density at radius 1 is 1.22 bits per heavy atom. The minimum Gasteiger partial charge on any atom is -0.481 e. The van der Waals surface area contributed by atoms with Crippen molar-refractivity contribution in [1.82, 2.24) is 19.7 Å². The van der Waals surface area contributed by atoms with E-state index < -0.39 is 0 Å². The average Bonchev–Trinajstić information content (AvgIpc) is 3.02. The molecule has 3 aromatic rings. The Morgan fingerprint density at radius 3 is 2.59 bits per heavy atom. The molecule has 0 bridgehead atoms. The molecule has 140 valence electrons. The van der Waals surface area contributed by atoms with E-state index >= 15 is 0 Å². The molecule has 0 saturated carbocycles. The molecule has 0 radical (unpaired) electrons. The Morgan fingerprint density at radius 2 is 1.96 bits per heavy atom. The Balaban J connectivity index is 1.95. The van der Waals surface area contributed by atoms with E-state index in [-0.39, 0.29) is 11.5 Å². The van der Waals surface area contributed by atoms with E-state index in [2.05, 4.69) is 20.4 Å². The smallest absolute Gasteiger partial charge is 0.277 e. The first-order chi connectivity index (χ1) is 12.8. The maximum Gasteiger partial charge on any atom is 0.277 e. The molecule has 1 amide bonds. The van der Waals surface area contributed by atoms with Crippen LogP contribution in [0.5, 0.6) is 5.88 Å². The van der Waals surface area contributed by atoms with Crippen molar-refractivity contribution in [3.63, 3.8) is 0 Å². The van der Waals surface area contributed by atoms with Gasteiger partial charge >= 0.3 is 0 Å². The van der Waals surface area contributed by atoms with Crippen molar-refractivity contribution in [2.45, 2.75) is 20.8 Å². The first kappa shape index (κ1) is 18.7. The average molecular weight is 385 g/mol. The molecule has 3 aromatic heterocycles. The van der Waals surface area contributed by atoms with Gasteiger partial charge in [-0.1, -0.05) is 0 Å². The number of aryl methyl sites for hydroxylation is 3. The van der Waals surface area contributed by atoms with Crippen LogP contribution in [0.2, 0.25) is 0 Å². The summed E-state index contributed by atoms with van der Waals surface area (Å²) in [5.74, 6) is 0.159. The molecule has 0 aliphatic carbocycles. The minimum absolute atomic E-state index is 0.238. The maximum absolute atomic E-state index is 12.6. The van der Waals surface area contributed by atoms with Crippen molar-refractivity contribution in [3.8, 4) is 16.5 Å². The fourth-order valence-electron chi connectivity index (χ4n) is 2.58. The minimum atomic E-state index is -0.302. The summed E-state index contributed by atoms with van der Waals surface area (Å²) < 4.78 is 6.29. The normalized spacial score (nSPS) is 10.7. The number of amides is 1. The van der Waals surface area contributed by atoms with Gasteiger partial charge in [-0.05, 0) is 32.4 Å². The molecule has 0 aliphatic rings. The molecule has 3 rings (SSSR count). The van der Waals surface area contributed by atoms with Gasteiger partial charge in [-0.25, -0.2) is 14.6 Å². The van der Waals surface area contributed by atoms with E-state index in [9.17, 15) is 9.59 Å². The van der Waals surface area contributed by atoms with Gasteiger partial charge < -0.3 is 10.1 Å². The summed E-state index contributed by atoms with van der Waals surface area (Å²) >= 11 is 1.18. The zero-order valence-electron chi connectivity index (χ0n) is 15.7. The lowest BCUT2D eigenvalue weighted by atomic mass is 10.1. The SMILES string of the molecule is COc1ccc(NC(=O)c2sc(-c3c(C)c(C)nn(C)c3=O)nc2C)cn1. The maximum atomic E-state index is 12.6. The van der Waals surface area contributed by atoms with Gasteiger partial charge in [-0.2, -0.15) is 5.10 Å². The van der Waals surface area contributed by atoms with Crippen LogP contribution in [0.25, 0.3) is 10.6 Å². The Kier molecular flexibility index (Phi) is 5.04. The summed E-state index contributed by atoms with van der Waals surface area (Å²) in [6.07, 6.45) is 1.51. The van der Waals surface area contributed by atoms with Crippen molar-refractivity contribution in [2.24, 2.45) is 7.05 Å². The molecule has 0 aromatic carbocycles. The lowest BCUT2D eigenvalue weighted by Crippen LogP contribution is -2.23. The third-order valence-corrected chi connectivity index (χ3v) is 5.32. The number of nitrogens with one attached hydrogen (secondary N) is 1. The van der Waals surface area contributed by atoms with E-state index in [4.69, 9.17) is 4.74 Å². The Hall–Kier alpha value is -3.07. The number of pyridine rings is 1. The van der Waals surface area contributed by atoms with E-state index in [1.54, 1.807) is 26.1 Å². The lowest BCUT2D eigenvalue weighted by molar-refractivity contribution is 0.102. The number of ether oxygens (including phenoxy) is 1. The summed E-state index contributed by atoms with van der Waals surface area (Å²) in [5, 5.41) is 7.47. The number of hydrogen-bond acceptors (Lipinski definition) is 7. The molecule has 3 heterocycles. The van der Waals surface area contributed by atoms with Crippen LogP contribution in [-0.2, 0) is 7.05 Å². The molecule has 9 heteroatoms. The van der Waals surface area contributed by atoms with Gasteiger partial charge in [-0.3, -0.25) is 9.59 Å². The highest BCUT2D eigenvalue weighted by Crippen LogP contribution is 2.29. The standard InChI is InChI=1S/C18H19N5O3S/c1-9-10(2)22-23(4)18(25)14(9)17-20-11(3)15(27-17)16(24)21-12-6-7-13(26-5)19-8-12/h6-8H,1-5H3,(H,21,24). The second-order valence-electron chi connectivity index (χ2n) is 5.99. The Bertz CT molecular complexity index is 1070. The van der Waals surface area contributed by atoms with Crippen LogP contribution in [0.4, 0.5) is 5.69 Å². The number of carbonyl (C=O) groups excluding carboxylic acids is 1. The predicted octanol–water partition coefficient (Wildman–Crippen LogP) is 2.48. The van der Waals surface area contributed by atoms with Crippen LogP contribution in [0, 0.1) is 20.8 Å². The quantitative estimate of drug-likeness (QED) is 0.741. The highest BCUT2D eigenvalue weighted by atomic mass is 32.1. The first-order valence-electron chi connectivity index (χ1n) is 8.15. The van der Waals surface area contributed by atoms with Gasteiger partial charge in [0, 0.05) is 13.1 Å². The van der Waals surface area contributed by atoms with Gasteiger partial charge in [0.1, 0.15) is 9.88 Å². The van der Waals surface area contributed by atoms with Crippen LogP contribution in [0.15, 0.2) is 23.1 Å². The van der Waals surface area contributed by atoms with Crippen LogP contribution < -0.4 is 15.6 Å². The Labute approximate surface area is 159 Å². The number of thiazole rings is 1. The first-order valence-corrected chi connectivity index (χ1v) is 8.97. The van der Waals surface area contributed by atoms with Crippen molar-refractivity contribution >= 4 is 22.9 Å². The van der Waals surface area contributed by atoms with Crippen LogP contribution in [-0.4, -0.2) is 32.8 Å². The molecule has 1 N–H and O–H groups in total.